The predicted octanol–water partition coefficient (Wildman–Crippen LogP) is 2.09. The third-order valence-electron chi connectivity index (χ3n) is 2.69. The lowest BCUT2D eigenvalue weighted by atomic mass is 10.1. The van der Waals surface area contributed by atoms with Crippen molar-refractivity contribution in [3.63, 3.8) is 0 Å². The Kier molecular flexibility index (Phi) is 6.32. The van der Waals surface area contributed by atoms with E-state index in [0.29, 0.717) is 0 Å². The number of nitrogens with zero attached hydrogens (tertiary/aromatic N) is 1. The molecular formula is C13H20IN3. The van der Waals surface area contributed by atoms with Gasteiger partial charge in [0.05, 0.1) is 0 Å². The van der Waals surface area contributed by atoms with Crippen LogP contribution in [0.4, 0.5) is 0 Å². The first kappa shape index (κ1) is 14.3. The van der Waals surface area contributed by atoms with E-state index >= 15 is 0 Å². The van der Waals surface area contributed by atoms with Crippen LogP contribution in [-0.4, -0.2) is 25.6 Å². The lowest BCUT2D eigenvalue weighted by Crippen LogP contribution is -2.41. The SMILES string of the molecule is Cc1cccc(CCNC2=NCCCN2)c1.I. The smallest absolute Gasteiger partial charge is 0.191 e. The lowest BCUT2D eigenvalue weighted by molar-refractivity contribution is 0.700. The molecule has 94 valence electrons. The second-order valence-corrected chi connectivity index (χ2v) is 4.18. The number of rotatable bonds is 3. The molecule has 0 amide bonds. The molecule has 0 atom stereocenters. The van der Waals surface area contributed by atoms with E-state index in [2.05, 4.69) is 46.8 Å². The first-order valence-corrected chi connectivity index (χ1v) is 5.92. The number of nitrogens with one attached hydrogen (secondary N) is 2. The zero-order chi connectivity index (χ0) is 11.2. The lowest BCUT2D eigenvalue weighted by Gasteiger charge is -2.15. The van der Waals surface area contributed by atoms with Crippen molar-refractivity contribution >= 4 is 29.9 Å². The maximum absolute atomic E-state index is 4.37. The Morgan fingerprint density at radius 3 is 3.00 bits per heavy atom. The number of aliphatic imine (C=N–C) groups is 1. The van der Waals surface area contributed by atoms with Crippen molar-refractivity contribution in [3.05, 3.63) is 35.4 Å². The molecule has 0 aliphatic carbocycles. The molecule has 1 heterocycles. The van der Waals surface area contributed by atoms with Crippen LogP contribution in [0.5, 0.6) is 0 Å². The molecule has 0 fully saturated rings. The Balaban J connectivity index is 0.00000144. The van der Waals surface area contributed by atoms with Crippen LogP contribution in [0.25, 0.3) is 0 Å². The first-order valence-electron chi connectivity index (χ1n) is 5.92. The van der Waals surface area contributed by atoms with Crippen LogP contribution in [0, 0.1) is 6.92 Å². The zero-order valence-corrected chi connectivity index (χ0v) is 12.5. The van der Waals surface area contributed by atoms with Gasteiger partial charge in [0, 0.05) is 19.6 Å². The molecule has 1 aliphatic heterocycles. The van der Waals surface area contributed by atoms with E-state index in [1.54, 1.807) is 0 Å². The molecule has 0 bridgehead atoms. The van der Waals surface area contributed by atoms with Crippen molar-refractivity contribution in [2.45, 2.75) is 19.8 Å². The highest BCUT2D eigenvalue weighted by molar-refractivity contribution is 14.0. The highest BCUT2D eigenvalue weighted by atomic mass is 127. The van der Waals surface area contributed by atoms with Gasteiger partial charge >= 0.3 is 0 Å². The van der Waals surface area contributed by atoms with Gasteiger partial charge in [-0.05, 0) is 25.3 Å². The van der Waals surface area contributed by atoms with Gasteiger partial charge in [0.2, 0.25) is 0 Å². The molecule has 0 radical (unpaired) electrons. The minimum Gasteiger partial charge on any atom is -0.356 e. The van der Waals surface area contributed by atoms with Gasteiger partial charge < -0.3 is 10.6 Å². The van der Waals surface area contributed by atoms with Crippen molar-refractivity contribution in [1.29, 1.82) is 0 Å². The molecule has 3 nitrogen and oxygen atoms in total. The van der Waals surface area contributed by atoms with Gasteiger partial charge in [-0.2, -0.15) is 0 Å². The molecule has 0 saturated heterocycles. The number of benzene rings is 1. The Hall–Kier alpha value is -0.780. The van der Waals surface area contributed by atoms with E-state index in [1.807, 2.05) is 0 Å². The third-order valence-corrected chi connectivity index (χ3v) is 2.69. The molecule has 1 aliphatic rings. The van der Waals surface area contributed by atoms with Crippen molar-refractivity contribution in [1.82, 2.24) is 10.6 Å². The van der Waals surface area contributed by atoms with Crippen molar-refractivity contribution in [3.8, 4) is 0 Å². The van der Waals surface area contributed by atoms with Gasteiger partial charge in [0.25, 0.3) is 0 Å². The quantitative estimate of drug-likeness (QED) is 0.824. The summed E-state index contributed by atoms with van der Waals surface area (Å²) in [6, 6.07) is 8.65. The van der Waals surface area contributed by atoms with Crippen molar-refractivity contribution < 1.29 is 0 Å². The summed E-state index contributed by atoms with van der Waals surface area (Å²) in [6.07, 6.45) is 2.19. The summed E-state index contributed by atoms with van der Waals surface area (Å²) in [4.78, 5) is 4.37. The zero-order valence-electron chi connectivity index (χ0n) is 10.2. The second kappa shape index (κ2) is 7.53. The second-order valence-electron chi connectivity index (χ2n) is 4.18. The summed E-state index contributed by atoms with van der Waals surface area (Å²) in [6.45, 7) is 5.05. The minimum absolute atomic E-state index is 0. The number of aryl methyl sites for hydroxylation is 1. The molecule has 1 aromatic rings. The fourth-order valence-electron chi connectivity index (χ4n) is 1.84. The Morgan fingerprint density at radius 1 is 1.41 bits per heavy atom. The maximum atomic E-state index is 4.37. The van der Waals surface area contributed by atoms with E-state index in [9.17, 15) is 0 Å². The maximum Gasteiger partial charge on any atom is 0.191 e. The molecule has 4 heteroatoms. The van der Waals surface area contributed by atoms with Crippen LogP contribution >= 0.6 is 24.0 Å². The summed E-state index contributed by atoms with van der Waals surface area (Å²) in [5.74, 6) is 0.957. The van der Waals surface area contributed by atoms with Gasteiger partial charge in [0.1, 0.15) is 0 Å². The molecule has 0 spiro atoms. The monoisotopic (exact) mass is 345 g/mol. The molecule has 2 rings (SSSR count). The van der Waals surface area contributed by atoms with Gasteiger partial charge in [-0.25, -0.2) is 0 Å². The summed E-state index contributed by atoms with van der Waals surface area (Å²) >= 11 is 0. The van der Waals surface area contributed by atoms with Gasteiger partial charge in [-0.3, -0.25) is 4.99 Å². The number of halogens is 1. The Labute approximate surface area is 120 Å². The largest absolute Gasteiger partial charge is 0.356 e. The summed E-state index contributed by atoms with van der Waals surface area (Å²) in [5.41, 5.74) is 2.70. The summed E-state index contributed by atoms with van der Waals surface area (Å²) in [7, 11) is 0. The Morgan fingerprint density at radius 2 is 2.29 bits per heavy atom. The number of hydrogen-bond acceptors (Lipinski definition) is 3. The highest BCUT2D eigenvalue weighted by Crippen LogP contribution is 2.03. The summed E-state index contributed by atoms with van der Waals surface area (Å²) < 4.78 is 0. The van der Waals surface area contributed by atoms with E-state index in [0.717, 1.165) is 38.4 Å². The first-order chi connectivity index (χ1) is 7.84. The molecule has 0 aromatic heterocycles. The predicted molar refractivity (Wildman–Crippen MR) is 83.2 cm³/mol. The van der Waals surface area contributed by atoms with Crippen LogP contribution in [0.1, 0.15) is 17.5 Å². The van der Waals surface area contributed by atoms with Gasteiger partial charge in [-0.1, -0.05) is 29.8 Å². The fourth-order valence-corrected chi connectivity index (χ4v) is 1.84. The van der Waals surface area contributed by atoms with Gasteiger partial charge in [-0.15, -0.1) is 24.0 Å². The molecule has 17 heavy (non-hydrogen) atoms. The number of guanidine groups is 1. The van der Waals surface area contributed by atoms with Crippen LogP contribution in [0.15, 0.2) is 29.3 Å². The van der Waals surface area contributed by atoms with Crippen LogP contribution in [0.3, 0.4) is 0 Å². The Bertz CT molecular complexity index is 377. The normalized spacial score (nSPS) is 14.3. The number of hydrogen-bond donors (Lipinski definition) is 2. The minimum atomic E-state index is 0. The van der Waals surface area contributed by atoms with Crippen molar-refractivity contribution in [2.24, 2.45) is 4.99 Å². The van der Waals surface area contributed by atoms with E-state index in [1.165, 1.54) is 11.1 Å². The van der Waals surface area contributed by atoms with E-state index in [-0.39, 0.29) is 24.0 Å². The van der Waals surface area contributed by atoms with Crippen LogP contribution in [-0.2, 0) is 6.42 Å². The topological polar surface area (TPSA) is 36.4 Å². The highest BCUT2D eigenvalue weighted by Gasteiger charge is 2.02. The molecular weight excluding hydrogens is 325 g/mol. The molecule has 0 unspecified atom stereocenters. The molecule has 0 saturated carbocycles. The van der Waals surface area contributed by atoms with Crippen LogP contribution in [0.2, 0.25) is 0 Å². The molecule has 1 aromatic carbocycles. The third kappa shape index (κ3) is 4.93. The van der Waals surface area contributed by atoms with E-state index in [4.69, 9.17) is 0 Å². The summed E-state index contributed by atoms with van der Waals surface area (Å²) in [5, 5.41) is 6.58. The average molecular weight is 345 g/mol. The standard InChI is InChI=1S/C13H19N3.HI/c1-11-4-2-5-12(10-11)6-9-16-13-14-7-3-8-15-13;/h2,4-5,10H,3,6-9H2,1H3,(H2,14,15,16);1H. The van der Waals surface area contributed by atoms with Crippen LogP contribution < -0.4 is 10.6 Å². The average Bonchev–Trinajstić information content (AvgIpc) is 2.30. The fraction of sp³-hybridized carbons (Fsp3) is 0.462. The molecule has 2 N–H and O–H groups in total. The van der Waals surface area contributed by atoms with E-state index < -0.39 is 0 Å². The van der Waals surface area contributed by atoms with Crippen molar-refractivity contribution in [2.75, 3.05) is 19.6 Å². The van der Waals surface area contributed by atoms with Gasteiger partial charge in [0.15, 0.2) is 5.96 Å².